The molecule has 0 saturated carbocycles. The zero-order chi connectivity index (χ0) is 21.3. The molecule has 1 atom stereocenters. The van der Waals surface area contributed by atoms with Gasteiger partial charge in [-0.1, -0.05) is 6.92 Å². The maximum absolute atomic E-state index is 13.0. The van der Waals surface area contributed by atoms with E-state index in [1.165, 1.54) is 38.6 Å². The van der Waals surface area contributed by atoms with Crippen molar-refractivity contribution in [3.8, 4) is 0 Å². The molecule has 152 valence electrons. The highest BCUT2D eigenvalue weighted by Gasteiger charge is 2.34. The fourth-order valence-corrected chi connectivity index (χ4v) is 3.88. The molecule has 1 unspecified atom stereocenters. The maximum atomic E-state index is 13.0. The first-order chi connectivity index (χ1) is 12.9. The van der Waals surface area contributed by atoms with E-state index in [1.807, 2.05) is 0 Å². The molecule has 0 saturated heterocycles. The van der Waals surface area contributed by atoms with Gasteiger partial charge in [0.2, 0.25) is 0 Å². The van der Waals surface area contributed by atoms with Crippen molar-refractivity contribution in [3.63, 3.8) is 0 Å². The van der Waals surface area contributed by atoms with Crippen LogP contribution in [0.25, 0.3) is 0 Å². The number of hydrogen-bond acceptors (Lipinski definition) is 5. The SMILES string of the molecule is CCS(=O)(=O)c1cc(C(F)(F)F)ccc1C(=O)N(C)c1ccc(S(C)=O)cn1. The average Bonchev–Trinajstić information content (AvgIpc) is 2.65. The van der Waals surface area contributed by atoms with E-state index < -0.39 is 48.9 Å². The molecule has 0 fully saturated rings. The van der Waals surface area contributed by atoms with Gasteiger partial charge in [0.25, 0.3) is 5.91 Å². The van der Waals surface area contributed by atoms with Crippen LogP contribution in [0.3, 0.4) is 0 Å². The lowest BCUT2D eigenvalue weighted by Crippen LogP contribution is -2.29. The number of carbonyl (C=O) groups excluding carboxylic acids is 1. The van der Waals surface area contributed by atoms with Crippen molar-refractivity contribution in [2.24, 2.45) is 0 Å². The Bertz CT molecular complexity index is 1020. The van der Waals surface area contributed by atoms with Gasteiger partial charge in [0, 0.05) is 19.5 Å². The summed E-state index contributed by atoms with van der Waals surface area (Å²) in [6, 6.07) is 4.87. The van der Waals surface area contributed by atoms with Crippen molar-refractivity contribution in [1.29, 1.82) is 0 Å². The van der Waals surface area contributed by atoms with Crippen LogP contribution >= 0.6 is 0 Å². The van der Waals surface area contributed by atoms with Crippen molar-refractivity contribution in [2.45, 2.75) is 22.9 Å². The van der Waals surface area contributed by atoms with Gasteiger partial charge in [-0.25, -0.2) is 13.4 Å². The molecule has 1 heterocycles. The Hall–Kier alpha value is -2.27. The molecule has 0 aliphatic rings. The molecule has 11 heteroatoms. The molecule has 0 aliphatic heterocycles. The van der Waals surface area contributed by atoms with Crippen LogP contribution in [0.5, 0.6) is 0 Å². The van der Waals surface area contributed by atoms with E-state index in [0.29, 0.717) is 17.0 Å². The van der Waals surface area contributed by atoms with Crippen molar-refractivity contribution in [3.05, 3.63) is 47.7 Å². The second kappa shape index (κ2) is 8.00. The van der Waals surface area contributed by atoms with Gasteiger partial charge in [0.05, 0.1) is 37.5 Å². The Morgan fingerprint density at radius 1 is 1.21 bits per heavy atom. The molecule has 1 aromatic carbocycles. The van der Waals surface area contributed by atoms with Crippen LogP contribution in [0.4, 0.5) is 19.0 Å². The van der Waals surface area contributed by atoms with E-state index in [-0.39, 0.29) is 11.4 Å². The smallest absolute Gasteiger partial charge is 0.296 e. The third kappa shape index (κ3) is 4.58. The second-order valence-corrected chi connectivity index (χ2v) is 9.41. The molecule has 2 aromatic rings. The van der Waals surface area contributed by atoms with E-state index in [1.54, 1.807) is 0 Å². The maximum Gasteiger partial charge on any atom is 0.416 e. The fraction of sp³-hybridized carbons (Fsp3) is 0.294. The quantitative estimate of drug-likeness (QED) is 0.723. The number of rotatable bonds is 5. The number of benzene rings is 1. The summed E-state index contributed by atoms with van der Waals surface area (Å²) < 4.78 is 75.0. The summed E-state index contributed by atoms with van der Waals surface area (Å²) in [5.41, 5.74) is -1.55. The number of alkyl halides is 3. The first kappa shape index (κ1) is 22.0. The summed E-state index contributed by atoms with van der Waals surface area (Å²) in [4.78, 5) is 17.5. The van der Waals surface area contributed by atoms with Crippen LogP contribution in [-0.4, -0.2) is 42.6 Å². The molecule has 1 amide bonds. The number of aromatic nitrogens is 1. The molecule has 0 N–H and O–H groups in total. The predicted octanol–water partition coefficient (Wildman–Crippen LogP) is 2.91. The van der Waals surface area contributed by atoms with Crippen LogP contribution in [0, 0.1) is 0 Å². The van der Waals surface area contributed by atoms with E-state index >= 15 is 0 Å². The Labute approximate surface area is 162 Å². The Kier molecular flexibility index (Phi) is 6.29. The summed E-state index contributed by atoms with van der Waals surface area (Å²) in [5.74, 6) is -1.18. The Balaban J connectivity index is 2.53. The minimum atomic E-state index is -4.75. The van der Waals surface area contributed by atoms with Gasteiger partial charge in [0.1, 0.15) is 5.82 Å². The molecular weight excluding hydrogens is 417 g/mol. The lowest BCUT2D eigenvalue weighted by molar-refractivity contribution is -0.137. The van der Waals surface area contributed by atoms with Gasteiger partial charge in [-0.3, -0.25) is 13.9 Å². The third-order valence-corrected chi connectivity index (χ3v) is 6.63. The second-order valence-electron chi connectivity index (χ2n) is 5.78. The van der Waals surface area contributed by atoms with Crippen molar-refractivity contribution >= 4 is 32.4 Å². The zero-order valence-electron chi connectivity index (χ0n) is 15.1. The van der Waals surface area contributed by atoms with Gasteiger partial charge >= 0.3 is 6.18 Å². The molecule has 6 nitrogen and oxygen atoms in total. The number of amides is 1. The number of anilines is 1. The largest absolute Gasteiger partial charge is 0.416 e. The van der Waals surface area contributed by atoms with Crippen LogP contribution in [0.1, 0.15) is 22.8 Å². The fourth-order valence-electron chi connectivity index (χ4n) is 2.31. The topological polar surface area (TPSA) is 84.4 Å². The minimum Gasteiger partial charge on any atom is -0.296 e. The van der Waals surface area contributed by atoms with E-state index in [2.05, 4.69) is 4.98 Å². The third-order valence-electron chi connectivity index (χ3n) is 3.96. The monoisotopic (exact) mass is 434 g/mol. The van der Waals surface area contributed by atoms with E-state index in [4.69, 9.17) is 0 Å². The van der Waals surface area contributed by atoms with Crippen LogP contribution in [-0.2, 0) is 26.8 Å². The number of hydrogen-bond donors (Lipinski definition) is 0. The van der Waals surface area contributed by atoms with Gasteiger partial charge in [-0.05, 0) is 30.3 Å². The number of halogens is 3. The summed E-state index contributed by atoms with van der Waals surface area (Å²) in [6.45, 7) is 1.28. The molecular formula is C17H17F3N2O4S2. The van der Waals surface area contributed by atoms with Crippen LogP contribution < -0.4 is 4.90 Å². The first-order valence-corrected chi connectivity index (χ1v) is 11.1. The summed E-state index contributed by atoms with van der Waals surface area (Å²) >= 11 is 0. The van der Waals surface area contributed by atoms with Gasteiger partial charge in [-0.2, -0.15) is 13.2 Å². The van der Waals surface area contributed by atoms with E-state index in [9.17, 15) is 30.6 Å². The van der Waals surface area contributed by atoms with Crippen LogP contribution in [0.2, 0.25) is 0 Å². The standard InChI is InChI=1S/C17H17F3N2O4S2/c1-4-28(25,26)14-9-11(17(18,19)20)5-7-13(14)16(23)22(2)15-8-6-12(10-21-15)27(3)24/h5-10H,4H2,1-3H3. The zero-order valence-corrected chi connectivity index (χ0v) is 16.8. The molecule has 0 spiro atoms. The van der Waals surface area contributed by atoms with Gasteiger partial charge in [-0.15, -0.1) is 0 Å². The molecule has 0 bridgehead atoms. The Morgan fingerprint density at radius 3 is 2.32 bits per heavy atom. The Morgan fingerprint density at radius 2 is 1.86 bits per heavy atom. The van der Waals surface area contributed by atoms with E-state index in [0.717, 1.165) is 11.0 Å². The highest BCUT2D eigenvalue weighted by atomic mass is 32.2. The minimum absolute atomic E-state index is 0.124. The highest BCUT2D eigenvalue weighted by Crippen LogP contribution is 2.32. The summed E-state index contributed by atoms with van der Waals surface area (Å²) in [6.07, 6.45) is -2.00. The van der Waals surface area contributed by atoms with Crippen LogP contribution in [0.15, 0.2) is 46.3 Å². The summed E-state index contributed by atoms with van der Waals surface area (Å²) in [5, 5.41) is 0. The average molecular weight is 434 g/mol. The molecule has 2 rings (SSSR count). The van der Waals surface area contributed by atoms with Crippen molar-refractivity contribution in [2.75, 3.05) is 24.0 Å². The number of carbonyl (C=O) groups is 1. The predicted molar refractivity (Wildman–Crippen MR) is 98.5 cm³/mol. The van der Waals surface area contributed by atoms with Gasteiger partial charge in [0.15, 0.2) is 9.84 Å². The number of sulfone groups is 1. The first-order valence-electron chi connectivity index (χ1n) is 7.90. The lowest BCUT2D eigenvalue weighted by Gasteiger charge is -2.19. The normalized spacial score (nSPS) is 13.2. The van der Waals surface area contributed by atoms with Gasteiger partial charge < -0.3 is 0 Å². The number of nitrogens with zero attached hydrogens (tertiary/aromatic N) is 2. The summed E-state index contributed by atoms with van der Waals surface area (Å²) in [7, 11) is -4.06. The van der Waals surface area contributed by atoms with Crippen molar-refractivity contribution in [1.82, 2.24) is 4.98 Å². The molecule has 28 heavy (non-hydrogen) atoms. The highest BCUT2D eigenvalue weighted by molar-refractivity contribution is 7.91. The lowest BCUT2D eigenvalue weighted by atomic mass is 10.1. The molecule has 1 aromatic heterocycles. The molecule has 0 radical (unpaired) electrons. The molecule has 0 aliphatic carbocycles. The van der Waals surface area contributed by atoms with Crippen molar-refractivity contribution < 1.29 is 30.6 Å². The number of pyridine rings is 1.